The minimum absolute atomic E-state index is 0.00642. The summed E-state index contributed by atoms with van der Waals surface area (Å²) in [6, 6.07) is 0. The summed E-state index contributed by atoms with van der Waals surface area (Å²) in [7, 11) is 0. The van der Waals surface area contributed by atoms with E-state index in [2.05, 4.69) is 5.32 Å². The second-order valence-corrected chi connectivity index (χ2v) is 6.51. The third-order valence-corrected chi connectivity index (χ3v) is 5.45. The summed E-state index contributed by atoms with van der Waals surface area (Å²) in [5.74, 6) is 2.42. The van der Waals surface area contributed by atoms with E-state index in [1.807, 2.05) is 11.8 Å². The van der Waals surface area contributed by atoms with Crippen LogP contribution in [0, 0.1) is 5.41 Å². The molecule has 4 heteroatoms. The van der Waals surface area contributed by atoms with Crippen molar-refractivity contribution in [3.05, 3.63) is 0 Å². The SMILES string of the molecule is C1CSCC2(C1)NCC1(CCOCC1)CO2. The molecule has 0 radical (unpaired) electrons. The number of thioether (sulfide) groups is 1. The molecule has 0 bridgehead atoms. The van der Waals surface area contributed by atoms with Gasteiger partial charge in [0, 0.05) is 30.9 Å². The summed E-state index contributed by atoms with van der Waals surface area (Å²) in [5, 5.41) is 3.70. The van der Waals surface area contributed by atoms with E-state index in [4.69, 9.17) is 9.47 Å². The minimum atomic E-state index is 0.00642. The van der Waals surface area contributed by atoms with Gasteiger partial charge in [0.2, 0.25) is 0 Å². The van der Waals surface area contributed by atoms with E-state index >= 15 is 0 Å². The minimum Gasteiger partial charge on any atom is -0.381 e. The summed E-state index contributed by atoms with van der Waals surface area (Å²) in [5.41, 5.74) is 0.373. The van der Waals surface area contributed by atoms with Crippen LogP contribution < -0.4 is 5.32 Å². The predicted octanol–water partition coefficient (Wildman–Crippen LogP) is 1.63. The Morgan fingerprint density at radius 2 is 2.00 bits per heavy atom. The zero-order valence-corrected chi connectivity index (χ0v) is 10.6. The number of rotatable bonds is 0. The molecule has 3 fully saturated rings. The molecule has 1 atom stereocenters. The Morgan fingerprint density at radius 1 is 1.12 bits per heavy atom. The molecule has 1 N–H and O–H groups in total. The van der Waals surface area contributed by atoms with Gasteiger partial charge in [-0.1, -0.05) is 0 Å². The molecule has 3 aliphatic heterocycles. The number of nitrogens with one attached hydrogen (secondary N) is 1. The average molecular weight is 243 g/mol. The highest BCUT2D eigenvalue weighted by atomic mass is 32.2. The molecule has 3 rings (SSSR count). The monoisotopic (exact) mass is 243 g/mol. The van der Waals surface area contributed by atoms with Gasteiger partial charge in [0.15, 0.2) is 0 Å². The lowest BCUT2D eigenvalue weighted by molar-refractivity contribution is -0.158. The molecular weight excluding hydrogens is 222 g/mol. The van der Waals surface area contributed by atoms with Crippen molar-refractivity contribution >= 4 is 11.8 Å². The zero-order valence-electron chi connectivity index (χ0n) is 9.80. The van der Waals surface area contributed by atoms with Crippen molar-refractivity contribution in [2.75, 3.05) is 37.9 Å². The molecule has 2 spiro atoms. The summed E-state index contributed by atoms with van der Waals surface area (Å²) < 4.78 is 11.7. The lowest BCUT2D eigenvalue weighted by Crippen LogP contribution is -2.62. The van der Waals surface area contributed by atoms with Gasteiger partial charge < -0.3 is 9.47 Å². The van der Waals surface area contributed by atoms with Gasteiger partial charge in [-0.2, -0.15) is 11.8 Å². The largest absolute Gasteiger partial charge is 0.381 e. The normalized spacial score (nSPS) is 39.0. The smallest absolute Gasteiger partial charge is 0.128 e. The maximum atomic E-state index is 6.21. The first-order chi connectivity index (χ1) is 7.83. The van der Waals surface area contributed by atoms with Crippen LogP contribution in [0.15, 0.2) is 0 Å². The van der Waals surface area contributed by atoms with E-state index in [0.29, 0.717) is 5.41 Å². The van der Waals surface area contributed by atoms with E-state index in [0.717, 1.165) is 45.0 Å². The Labute approximate surface area is 102 Å². The Hall–Kier alpha value is 0.230. The highest BCUT2D eigenvalue weighted by Crippen LogP contribution is 2.38. The van der Waals surface area contributed by atoms with Crippen molar-refractivity contribution in [1.82, 2.24) is 5.32 Å². The fourth-order valence-corrected chi connectivity index (χ4v) is 4.04. The van der Waals surface area contributed by atoms with Gasteiger partial charge in [0.05, 0.1) is 6.61 Å². The second-order valence-electron chi connectivity index (χ2n) is 5.41. The van der Waals surface area contributed by atoms with E-state index in [1.54, 1.807) is 0 Å². The first kappa shape index (κ1) is 11.3. The van der Waals surface area contributed by atoms with Crippen LogP contribution in [0.25, 0.3) is 0 Å². The summed E-state index contributed by atoms with van der Waals surface area (Å²) in [6.07, 6.45) is 4.78. The van der Waals surface area contributed by atoms with Crippen LogP contribution in [0.4, 0.5) is 0 Å². The van der Waals surface area contributed by atoms with Crippen LogP contribution in [0.1, 0.15) is 25.7 Å². The Balaban J connectivity index is 1.61. The van der Waals surface area contributed by atoms with Crippen molar-refractivity contribution in [3.8, 4) is 0 Å². The molecule has 0 aromatic carbocycles. The third kappa shape index (κ3) is 2.13. The first-order valence-corrected chi connectivity index (χ1v) is 7.53. The quantitative estimate of drug-likeness (QED) is 0.700. The Bertz CT molecular complexity index is 209. The molecule has 0 saturated carbocycles. The van der Waals surface area contributed by atoms with Crippen LogP contribution in [0.2, 0.25) is 0 Å². The fraction of sp³-hybridized carbons (Fsp3) is 1.00. The zero-order chi connectivity index (χ0) is 10.9. The molecule has 0 aromatic heterocycles. The fourth-order valence-electron chi connectivity index (χ4n) is 2.89. The van der Waals surface area contributed by atoms with Crippen molar-refractivity contribution in [3.63, 3.8) is 0 Å². The number of hydrogen-bond acceptors (Lipinski definition) is 4. The van der Waals surface area contributed by atoms with Crippen molar-refractivity contribution in [2.24, 2.45) is 5.41 Å². The Morgan fingerprint density at radius 3 is 2.62 bits per heavy atom. The summed E-state index contributed by atoms with van der Waals surface area (Å²) >= 11 is 2.02. The van der Waals surface area contributed by atoms with Crippen LogP contribution in [-0.2, 0) is 9.47 Å². The highest BCUT2D eigenvalue weighted by molar-refractivity contribution is 7.99. The Kier molecular flexibility index (Phi) is 3.17. The number of hydrogen-bond donors (Lipinski definition) is 1. The maximum absolute atomic E-state index is 6.21. The van der Waals surface area contributed by atoms with E-state index < -0.39 is 0 Å². The van der Waals surface area contributed by atoms with Gasteiger partial charge in [-0.25, -0.2) is 0 Å². The van der Waals surface area contributed by atoms with Crippen LogP contribution in [0.3, 0.4) is 0 Å². The molecule has 0 aromatic rings. The van der Waals surface area contributed by atoms with Gasteiger partial charge in [0.1, 0.15) is 5.72 Å². The second kappa shape index (κ2) is 4.48. The molecular formula is C12H21NO2S. The van der Waals surface area contributed by atoms with Gasteiger partial charge in [-0.3, -0.25) is 5.32 Å². The molecule has 0 amide bonds. The number of ether oxygens (including phenoxy) is 2. The summed E-state index contributed by atoms with van der Waals surface area (Å²) in [6.45, 7) is 3.88. The van der Waals surface area contributed by atoms with Crippen LogP contribution in [0.5, 0.6) is 0 Å². The topological polar surface area (TPSA) is 30.5 Å². The maximum Gasteiger partial charge on any atom is 0.128 e. The van der Waals surface area contributed by atoms with Crippen LogP contribution >= 0.6 is 11.8 Å². The molecule has 3 saturated heterocycles. The molecule has 92 valence electrons. The first-order valence-electron chi connectivity index (χ1n) is 6.37. The van der Waals surface area contributed by atoms with Crippen molar-refractivity contribution in [2.45, 2.75) is 31.4 Å². The van der Waals surface area contributed by atoms with Gasteiger partial charge in [0.25, 0.3) is 0 Å². The van der Waals surface area contributed by atoms with E-state index in [-0.39, 0.29) is 5.72 Å². The average Bonchev–Trinajstić information content (AvgIpc) is 2.36. The van der Waals surface area contributed by atoms with E-state index in [1.165, 1.54) is 18.6 Å². The van der Waals surface area contributed by atoms with Gasteiger partial charge in [-0.15, -0.1) is 0 Å². The molecule has 16 heavy (non-hydrogen) atoms. The lowest BCUT2D eigenvalue weighted by Gasteiger charge is -2.49. The highest BCUT2D eigenvalue weighted by Gasteiger charge is 2.44. The van der Waals surface area contributed by atoms with Gasteiger partial charge >= 0.3 is 0 Å². The van der Waals surface area contributed by atoms with E-state index in [9.17, 15) is 0 Å². The lowest BCUT2D eigenvalue weighted by atomic mass is 9.79. The van der Waals surface area contributed by atoms with Crippen molar-refractivity contribution in [1.29, 1.82) is 0 Å². The molecule has 3 nitrogen and oxygen atoms in total. The molecule has 1 unspecified atom stereocenters. The van der Waals surface area contributed by atoms with Gasteiger partial charge in [-0.05, 0) is 31.4 Å². The van der Waals surface area contributed by atoms with Crippen LogP contribution in [-0.4, -0.2) is 43.6 Å². The third-order valence-electron chi connectivity index (χ3n) is 4.20. The predicted molar refractivity (Wildman–Crippen MR) is 65.7 cm³/mol. The molecule has 0 aliphatic carbocycles. The summed E-state index contributed by atoms with van der Waals surface area (Å²) in [4.78, 5) is 0. The standard InChI is InChI=1S/C12H21NO2S/c1-2-12(10-16-7-1)13-8-11(9-15-12)3-5-14-6-4-11/h13H,1-10H2. The van der Waals surface area contributed by atoms with Crippen molar-refractivity contribution < 1.29 is 9.47 Å². The molecule has 3 heterocycles. The molecule has 3 aliphatic rings.